The molecule has 46 heavy (non-hydrogen) atoms. The number of rotatable bonds is 10. The first-order valence-electron chi connectivity index (χ1n) is 14.2. The first-order valence-corrected chi connectivity index (χ1v) is 16.4. The predicted octanol–water partition coefficient (Wildman–Crippen LogP) is 4.02. The number of nitrogens with two attached hydrogens (primary N) is 1. The van der Waals surface area contributed by atoms with Gasteiger partial charge in [-0.1, -0.05) is 47.5 Å². The van der Waals surface area contributed by atoms with Gasteiger partial charge in [0.05, 0.1) is 23.5 Å². The summed E-state index contributed by atoms with van der Waals surface area (Å²) < 4.78 is 31.3. The van der Waals surface area contributed by atoms with Crippen LogP contribution in [0.1, 0.15) is 33.3 Å². The number of sulfonamides is 1. The van der Waals surface area contributed by atoms with Gasteiger partial charge in [-0.3, -0.25) is 19.1 Å². The Kier molecular flexibility index (Phi) is 8.92. The van der Waals surface area contributed by atoms with Gasteiger partial charge in [0.1, 0.15) is 5.54 Å². The number of aliphatic hydroxyl groups is 1. The molecule has 3 heterocycles. The number of aromatic nitrogens is 3. The zero-order valence-electron chi connectivity index (χ0n) is 25.5. The van der Waals surface area contributed by atoms with Crippen molar-refractivity contribution in [3.63, 3.8) is 0 Å². The zero-order chi connectivity index (χ0) is 33.6. The number of hydrogen-bond acceptors (Lipinski definition) is 8. The highest BCUT2D eigenvalue weighted by Crippen LogP contribution is 2.44. The Morgan fingerprint density at radius 3 is 2.37 bits per heavy atom. The maximum atomic E-state index is 14.3. The molecule has 2 amide bonds. The van der Waals surface area contributed by atoms with Crippen molar-refractivity contribution in [3.05, 3.63) is 82.7 Å². The summed E-state index contributed by atoms with van der Waals surface area (Å²) in [5.41, 5.74) is 6.59. The van der Waals surface area contributed by atoms with Crippen molar-refractivity contribution in [2.24, 2.45) is 0 Å². The normalized spacial score (nSPS) is 17.2. The molecule has 2 aromatic heterocycles. The van der Waals surface area contributed by atoms with Crippen molar-refractivity contribution < 1.29 is 23.1 Å². The van der Waals surface area contributed by atoms with Gasteiger partial charge >= 0.3 is 0 Å². The minimum Gasteiger partial charge on any atom is -0.398 e. The molecular formula is C31H33Cl2N7O5S. The Balaban J connectivity index is 1.55. The van der Waals surface area contributed by atoms with Crippen molar-refractivity contribution in [1.82, 2.24) is 24.6 Å². The van der Waals surface area contributed by atoms with E-state index in [0.717, 1.165) is 22.9 Å². The van der Waals surface area contributed by atoms with Crippen molar-refractivity contribution in [3.8, 4) is 11.1 Å². The Bertz CT molecular complexity index is 1910. The lowest BCUT2D eigenvalue weighted by atomic mass is 9.91. The van der Waals surface area contributed by atoms with Crippen LogP contribution >= 0.6 is 23.2 Å². The number of carbonyl (C=O) groups is 2. The summed E-state index contributed by atoms with van der Waals surface area (Å²) in [6.45, 7) is 5.93. The van der Waals surface area contributed by atoms with Crippen molar-refractivity contribution in [2.45, 2.75) is 56.3 Å². The summed E-state index contributed by atoms with van der Waals surface area (Å²) in [5.74, 6) is -1.08. The van der Waals surface area contributed by atoms with Gasteiger partial charge in [0.2, 0.25) is 11.9 Å². The number of imidazole rings is 1. The minimum absolute atomic E-state index is 0.0325. The summed E-state index contributed by atoms with van der Waals surface area (Å²) in [7, 11) is -4.42. The van der Waals surface area contributed by atoms with Gasteiger partial charge in [-0.25, -0.2) is 18.3 Å². The fourth-order valence-corrected chi connectivity index (χ4v) is 7.19. The van der Waals surface area contributed by atoms with Crippen LogP contribution in [0.25, 0.3) is 11.1 Å². The SMILES string of the molecule is C[C@H](NS(=O)(=O)c1cnc2n1[C@](C)(Cc1ccc(-c3cnccc3N)cc1)C(=O)N2c1cc(Cl)cc(Cl)c1)C(=O)NCC(C)(C)O. The van der Waals surface area contributed by atoms with Gasteiger partial charge in [-0.05, 0) is 63.1 Å². The lowest BCUT2D eigenvalue weighted by Gasteiger charge is -2.27. The second-order valence-corrected chi connectivity index (χ2v) is 14.5. The number of amides is 2. The van der Waals surface area contributed by atoms with Crippen LogP contribution in [0.5, 0.6) is 0 Å². The molecule has 15 heteroatoms. The number of nitrogens with one attached hydrogen (secondary N) is 2. The molecule has 0 spiro atoms. The minimum atomic E-state index is -4.42. The molecule has 0 radical (unpaired) electrons. The fourth-order valence-electron chi connectivity index (χ4n) is 5.27. The van der Waals surface area contributed by atoms with Crippen LogP contribution in [0.2, 0.25) is 10.0 Å². The van der Waals surface area contributed by atoms with Gasteiger partial charge < -0.3 is 16.2 Å². The second kappa shape index (κ2) is 12.3. The van der Waals surface area contributed by atoms with Crippen molar-refractivity contribution in [2.75, 3.05) is 17.2 Å². The Morgan fingerprint density at radius 1 is 1.11 bits per heavy atom. The maximum absolute atomic E-state index is 14.3. The summed E-state index contributed by atoms with van der Waals surface area (Å²) in [5, 5.41) is 12.7. The van der Waals surface area contributed by atoms with E-state index in [4.69, 9.17) is 28.9 Å². The highest BCUT2D eigenvalue weighted by atomic mass is 35.5. The lowest BCUT2D eigenvalue weighted by Crippen LogP contribution is -2.49. The monoisotopic (exact) mass is 685 g/mol. The molecule has 4 aromatic rings. The van der Waals surface area contributed by atoms with E-state index in [1.807, 2.05) is 24.3 Å². The first-order chi connectivity index (χ1) is 21.5. The average Bonchev–Trinajstić information content (AvgIpc) is 3.49. The van der Waals surface area contributed by atoms with Gasteiger partial charge in [0.25, 0.3) is 15.9 Å². The zero-order valence-corrected chi connectivity index (χ0v) is 27.8. The number of hydrogen-bond donors (Lipinski definition) is 4. The predicted molar refractivity (Wildman–Crippen MR) is 176 cm³/mol. The maximum Gasteiger partial charge on any atom is 0.260 e. The molecular weight excluding hydrogens is 653 g/mol. The topological polar surface area (TPSA) is 173 Å². The van der Waals surface area contributed by atoms with Crippen LogP contribution in [-0.4, -0.2) is 58.1 Å². The lowest BCUT2D eigenvalue weighted by molar-refractivity contribution is -0.124. The average molecular weight is 687 g/mol. The van der Waals surface area contributed by atoms with Crippen molar-refractivity contribution >= 4 is 62.4 Å². The summed E-state index contributed by atoms with van der Waals surface area (Å²) in [6, 6.07) is 12.4. The largest absolute Gasteiger partial charge is 0.398 e. The van der Waals surface area contributed by atoms with Gasteiger partial charge in [0, 0.05) is 46.7 Å². The molecule has 5 N–H and O–H groups in total. The van der Waals surface area contributed by atoms with Crippen LogP contribution in [0, 0.1) is 0 Å². The Morgan fingerprint density at radius 2 is 1.76 bits per heavy atom. The highest BCUT2D eigenvalue weighted by molar-refractivity contribution is 7.89. The number of benzene rings is 2. The Hall–Kier alpha value is -4.01. The van der Waals surface area contributed by atoms with E-state index in [1.54, 1.807) is 25.4 Å². The van der Waals surface area contributed by atoms with Crippen LogP contribution < -0.4 is 20.7 Å². The van der Waals surface area contributed by atoms with E-state index in [-0.39, 0.29) is 34.0 Å². The molecule has 1 aliphatic rings. The quantitative estimate of drug-likeness (QED) is 0.194. The number of nitrogens with zero attached hydrogens (tertiary/aromatic N) is 4. The summed E-state index contributed by atoms with van der Waals surface area (Å²) in [6.07, 6.45) is 4.48. The molecule has 5 rings (SSSR count). The third-order valence-electron chi connectivity index (χ3n) is 7.54. The van der Waals surface area contributed by atoms with Crippen LogP contribution in [0.4, 0.5) is 17.3 Å². The molecule has 0 saturated heterocycles. The second-order valence-electron chi connectivity index (χ2n) is 12.0. The number of halogens is 2. The van der Waals surface area contributed by atoms with Crippen molar-refractivity contribution in [1.29, 1.82) is 0 Å². The summed E-state index contributed by atoms with van der Waals surface area (Å²) in [4.78, 5) is 36.8. The van der Waals surface area contributed by atoms with E-state index in [0.29, 0.717) is 11.4 Å². The molecule has 0 fully saturated rings. The summed E-state index contributed by atoms with van der Waals surface area (Å²) >= 11 is 12.6. The first kappa shape index (κ1) is 33.4. The molecule has 12 nitrogen and oxygen atoms in total. The van der Waals surface area contributed by atoms with E-state index in [2.05, 4.69) is 20.0 Å². The fraction of sp³-hybridized carbons (Fsp3) is 0.290. The standard InChI is InChI=1S/C31H33Cl2N7O5S/c1-18(27(41)37-17-30(2,3)43)38-46(44,45)26-16-36-29-39(23-12-21(32)11-22(33)13-23)28(42)31(4,40(26)29)14-19-5-7-20(8-6-19)24-15-35-10-9-25(24)34/h5-13,15-16,18,38,43H,14,17H2,1-4H3,(H2,34,35)(H,37,41)/t18-,31+/m0/s1. The Labute approximate surface area is 276 Å². The number of nitrogen functional groups attached to an aromatic ring is 1. The van der Waals surface area contributed by atoms with Gasteiger partial charge in [-0.15, -0.1) is 0 Å². The smallest absolute Gasteiger partial charge is 0.260 e. The molecule has 242 valence electrons. The molecule has 2 aromatic carbocycles. The molecule has 0 saturated carbocycles. The number of fused-ring (bicyclic) bond motifs is 1. The molecule has 2 atom stereocenters. The molecule has 1 aliphatic heterocycles. The van der Waals surface area contributed by atoms with Gasteiger partial charge in [0.15, 0.2) is 5.03 Å². The van der Waals surface area contributed by atoms with E-state index in [9.17, 15) is 23.1 Å². The van der Waals surface area contributed by atoms with E-state index in [1.165, 1.54) is 48.4 Å². The molecule has 0 bridgehead atoms. The van der Waals surface area contributed by atoms with Gasteiger partial charge in [-0.2, -0.15) is 4.72 Å². The molecule has 0 unspecified atom stereocenters. The number of anilines is 3. The number of pyridine rings is 1. The van der Waals surface area contributed by atoms with E-state index < -0.39 is 39.0 Å². The van der Waals surface area contributed by atoms with Crippen LogP contribution in [-0.2, 0) is 31.6 Å². The van der Waals surface area contributed by atoms with Crippen LogP contribution in [0.15, 0.2) is 72.1 Å². The third-order valence-corrected chi connectivity index (χ3v) is 9.48. The highest BCUT2D eigenvalue weighted by Gasteiger charge is 2.52. The third kappa shape index (κ3) is 6.60. The van der Waals surface area contributed by atoms with E-state index >= 15 is 0 Å². The molecule has 0 aliphatic carbocycles. The number of carbonyl (C=O) groups excluding carboxylic acids is 2. The van der Waals surface area contributed by atoms with Crippen LogP contribution in [0.3, 0.4) is 0 Å².